The first-order valence-corrected chi connectivity index (χ1v) is 15.5. The molecule has 0 unspecified atom stereocenters. The first-order valence-electron chi connectivity index (χ1n) is 15.5. The number of rotatable bonds is 3. The summed E-state index contributed by atoms with van der Waals surface area (Å²) in [4.78, 5) is 23.8. The Morgan fingerprint density at radius 3 is 2.47 bits per heavy atom. The maximum Gasteiger partial charge on any atom is 0.251 e. The van der Waals surface area contributed by atoms with Crippen LogP contribution in [0.1, 0.15) is 67.4 Å². The fraction of sp³-hybridized carbons (Fsp3) is 0.289. The summed E-state index contributed by atoms with van der Waals surface area (Å²) in [6.45, 7) is 7.33. The van der Waals surface area contributed by atoms with E-state index in [9.17, 15) is 4.79 Å². The zero-order chi connectivity index (χ0) is 29.3. The van der Waals surface area contributed by atoms with E-state index in [0.29, 0.717) is 29.9 Å². The third kappa shape index (κ3) is 4.24. The molecule has 1 saturated carbocycles. The molecule has 1 aliphatic carbocycles. The number of carbonyl (C=O) groups excluding carboxylic acids is 1. The first-order chi connectivity index (χ1) is 20.9. The highest BCUT2D eigenvalue weighted by atomic mass is 16.5. The van der Waals surface area contributed by atoms with Crippen LogP contribution in [0.15, 0.2) is 84.9 Å². The Balaban J connectivity index is 1.22. The number of ether oxygens (including phenoxy) is 1. The quantitative estimate of drug-likeness (QED) is 0.172. The van der Waals surface area contributed by atoms with Gasteiger partial charge in [-0.2, -0.15) is 0 Å². The Morgan fingerprint density at radius 2 is 1.60 bits per heavy atom. The molecule has 0 radical (unpaired) electrons. The van der Waals surface area contributed by atoms with Crippen molar-refractivity contribution in [3.8, 4) is 5.75 Å². The minimum absolute atomic E-state index is 0.123. The van der Waals surface area contributed by atoms with Crippen molar-refractivity contribution in [2.24, 2.45) is 11.8 Å². The monoisotopic (exact) mass is 565 g/mol. The van der Waals surface area contributed by atoms with Gasteiger partial charge in [-0.15, -0.1) is 0 Å². The van der Waals surface area contributed by atoms with Gasteiger partial charge in [0.1, 0.15) is 11.4 Å². The molecule has 1 aromatic heterocycles. The van der Waals surface area contributed by atoms with Crippen LogP contribution in [-0.2, 0) is 6.54 Å². The summed E-state index contributed by atoms with van der Waals surface area (Å²) in [7, 11) is 0. The molecule has 43 heavy (non-hydrogen) atoms. The van der Waals surface area contributed by atoms with Gasteiger partial charge in [-0.05, 0) is 73.1 Å². The fourth-order valence-electron chi connectivity index (χ4n) is 7.76. The van der Waals surface area contributed by atoms with Crippen LogP contribution in [0.5, 0.6) is 5.75 Å². The second-order valence-corrected chi connectivity index (χ2v) is 13.1. The van der Waals surface area contributed by atoms with Crippen molar-refractivity contribution in [1.29, 1.82) is 0 Å². The fourth-order valence-corrected chi connectivity index (χ4v) is 7.76. The average Bonchev–Trinajstić information content (AvgIpc) is 3.02. The number of nitrogens with zero attached hydrogens (tertiary/aromatic N) is 2. The van der Waals surface area contributed by atoms with E-state index in [1.54, 1.807) is 0 Å². The molecule has 1 amide bonds. The van der Waals surface area contributed by atoms with Crippen LogP contribution in [0.4, 0.5) is 0 Å². The van der Waals surface area contributed by atoms with Crippen molar-refractivity contribution in [3.63, 3.8) is 0 Å². The van der Waals surface area contributed by atoms with E-state index in [1.165, 1.54) is 17.4 Å². The number of aromatic nitrogens is 2. The van der Waals surface area contributed by atoms with Crippen molar-refractivity contribution in [1.82, 2.24) is 15.3 Å². The Hall–Kier alpha value is -4.51. The van der Waals surface area contributed by atoms with Gasteiger partial charge >= 0.3 is 0 Å². The predicted octanol–water partition coefficient (Wildman–Crippen LogP) is 8.71. The molecule has 1 aliphatic heterocycles. The molecule has 1 N–H and O–H groups in total. The van der Waals surface area contributed by atoms with Crippen LogP contribution in [-0.4, -0.2) is 21.5 Å². The largest absolute Gasteiger partial charge is 0.487 e. The van der Waals surface area contributed by atoms with E-state index in [-0.39, 0.29) is 11.5 Å². The van der Waals surface area contributed by atoms with E-state index in [2.05, 4.69) is 74.6 Å². The third-order valence-corrected chi connectivity index (χ3v) is 9.91. The van der Waals surface area contributed by atoms with Gasteiger partial charge in [0.05, 0.1) is 22.1 Å². The second kappa shape index (κ2) is 9.77. The minimum atomic E-state index is -0.243. The van der Waals surface area contributed by atoms with Crippen molar-refractivity contribution in [3.05, 3.63) is 102 Å². The van der Waals surface area contributed by atoms with E-state index in [4.69, 9.17) is 14.7 Å². The number of fused-ring (bicyclic) bond motifs is 10. The average molecular weight is 566 g/mol. The van der Waals surface area contributed by atoms with Gasteiger partial charge in [0.2, 0.25) is 0 Å². The lowest BCUT2D eigenvalue weighted by atomic mass is 9.64. The molecular formula is C38H35N3O2. The Bertz CT molecular complexity index is 2080. The number of carbonyl (C=O) groups is 1. The van der Waals surface area contributed by atoms with Gasteiger partial charge in [-0.25, -0.2) is 9.97 Å². The van der Waals surface area contributed by atoms with Gasteiger partial charge in [0.25, 0.3) is 5.91 Å². The topological polar surface area (TPSA) is 64.1 Å². The smallest absolute Gasteiger partial charge is 0.251 e. The molecule has 2 aliphatic rings. The van der Waals surface area contributed by atoms with E-state index in [1.807, 2.05) is 36.4 Å². The molecule has 3 atom stereocenters. The lowest BCUT2D eigenvalue weighted by Crippen LogP contribution is -2.46. The van der Waals surface area contributed by atoms with E-state index in [0.717, 1.165) is 62.4 Å². The number of hydrogen-bond acceptors (Lipinski definition) is 4. The summed E-state index contributed by atoms with van der Waals surface area (Å²) in [5, 5.41) is 7.56. The van der Waals surface area contributed by atoms with Crippen molar-refractivity contribution in [2.75, 3.05) is 0 Å². The first kappa shape index (κ1) is 26.1. The summed E-state index contributed by atoms with van der Waals surface area (Å²) < 4.78 is 6.88. The molecule has 6 aromatic rings. The summed E-state index contributed by atoms with van der Waals surface area (Å²) >= 11 is 0. The van der Waals surface area contributed by atoms with Gasteiger partial charge in [-0.1, -0.05) is 80.1 Å². The molecule has 5 heteroatoms. The SMILES string of the molecule is C[C@H]1CC[C@H]2[C@H](C1)c1c(c3ccccc3c3nc4cc(C(=O)NCc5cccc6ccccc56)ccc4nc13)OC2(C)C. The lowest BCUT2D eigenvalue weighted by Gasteiger charge is -2.49. The molecule has 0 saturated heterocycles. The van der Waals surface area contributed by atoms with Crippen molar-refractivity contribution in [2.45, 2.75) is 58.1 Å². The van der Waals surface area contributed by atoms with Crippen LogP contribution in [0, 0.1) is 11.8 Å². The van der Waals surface area contributed by atoms with Crippen LogP contribution in [0.25, 0.3) is 43.6 Å². The van der Waals surface area contributed by atoms with Crippen LogP contribution in [0.3, 0.4) is 0 Å². The molecule has 1 fully saturated rings. The highest BCUT2D eigenvalue weighted by Crippen LogP contribution is 2.56. The highest BCUT2D eigenvalue weighted by molar-refractivity contribution is 6.11. The zero-order valence-corrected chi connectivity index (χ0v) is 24.9. The van der Waals surface area contributed by atoms with Gasteiger partial charge < -0.3 is 10.1 Å². The van der Waals surface area contributed by atoms with Crippen molar-refractivity contribution >= 4 is 49.5 Å². The molecule has 2 heterocycles. The number of hydrogen-bond donors (Lipinski definition) is 1. The van der Waals surface area contributed by atoms with Gasteiger partial charge in [0.15, 0.2) is 0 Å². The lowest BCUT2D eigenvalue weighted by molar-refractivity contribution is -0.0115. The molecule has 5 nitrogen and oxygen atoms in total. The third-order valence-electron chi connectivity index (χ3n) is 9.91. The maximum atomic E-state index is 13.3. The highest BCUT2D eigenvalue weighted by Gasteiger charge is 2.47. The second-order valence-electron chi connectivity index (χ2n) is 13.1. The standard InChI is InChI=1S/C38H35N3O2/c1-22-15-17-30-29(19-22)33-35-34(27-13-6-7-14-28(27)36(33)43-38(30,2)3)41-32-20-24(16-18-31(32)40-35)37(42)39-21-25-11-8-10-23-9-4-5-12-26(23)25/h4-14,16,18,20,22,29-30H,15,17,19,21H2,1-3H3,(H,39,42)/t22-,29-,30-/m0/s1. The number of amides is 1. The van der Waals surface area contributed by atoms with Crippen LogP contribution >= 0.6 is 0 Å². The van der Waals surface area contributed by atoms with E-state index >= 15 is 0 Å². The predicted molar refractivity (Wildman–Crippen MR) is 174 cm³/mol. The van der Waals surface area contributed by atoms with Crippen LogP contribution < -0.4 is 10.1 Å². The molecule has 0 bridgehead atoms. The number of benzene rings is 5. The van der Waals surface area contributed by atoms with Gasteiger partial charge in [0, 0.05) is 34.4 Å². The summed E-state index contributed by atoms with van der Waals surface area (Å²) in [6, 6.07) is 28.5. The Kier molecular flexibility index (Phi) is 5.94. The van der Waals surface area contributed by atoms with Crippen molar-refractivity contribution < 1.29 is 9.53 Å². The summed E-state index contributed by atoms with van der Waals surface area (Å²) in [6.07, 6.45) is 3.52. The molecule has 8 rings (SSSR count). The van der Waals surface area contributed by atoms with Crippen LogP contribution in [0.2, 0.25) is 0 Å². The Morgan fingerprint density at radius 1 is 0.860 bits per heavy atom. The molecule has 214 valence electrons. The summed E-state index contributed by atoms with van der Waals surface area (Å²) in [5.74, 6) is 2.32. The minimum Gasteiger partial charge on any atom is -0.487 e. The summed E-state index contributed by atoms with van der Waals surface area (Å²) in [5.41, 5.74) is 5.99. The molecule has 0 spiro atoms. The number of nitrogens with one attached hydrogen (secondary N) is 1. The van der Waals surface area contributed by atoms with Gasteiger partial charge in [-0.3, -0.25) is 4.79 Å². The van der Waals surface area contributed by atoms with E-state index < -0.39 is 0 Å². The Labute approximate surface area is 251 Å². The maximum absolute atomic E-state index is 13.3. The molecular weight excluding hydrogens is 530 g/mol. The molecule has 5 aromatic carbocycles. The normalized spacial score (nSPS) is 21.0. The zero-order valence-electron chi connectivity index (χ0n) is 24.9.